The number of carbonyl (C=O) groups is 2. The van der Waals surface area contributed by atoms with Crippen LogP contribution in [-0.4, -0.2) is 27.8 Å². The van der Waals surface area contributed by atoms with Gasteiger partial charge in [0, 0.05) is 15.6 Å². The lowest BCUT2D eigenvalue weighted by Crippen LogP contribution is -2.42. The van der Waals surface area contributed by atoms with Crippen LogP contribution in [0.5, 0.6) is 0 Å². The Labute approximate surface area is 144 Å². The van der Waals surface area contributed by atoms with Gasteiger partial charge in [-0.3, -0.25) is 25.5 Å². The lowest BCUT2D eigenvalue weighted by Gasteiger charge is -2.06. The summed E-state index contributed by atoms with van der Waals surface area (Å²) < 4.78 is 0.565. The van der Waals surface area contributed by atoms with E-state index in [0.29, 0.717) is 9.50 Å². The molecule has 0 aliphatic rings. The zero-order valence-electron chi connectivity index (χ0n) is 11.4. The zero-order chi connectivity index (χ0) is 16.1. The first kappa shape index (κ1) is 16.9. The van der Waals surface area contributed by atoms with Crippen LogP contribution in [0, 0.1) is 6.92 Å². The molecule has 1 aromatic carbocycles. The van der Waals surface area contributed by atoms with Crippen LogP contribution in [0.2, 0.25) is 5.02 Å². The van der Waals surface area contributed by atoms with Crippen molar-refractivity contribution in [2.24, 2.45) is 0 Å². The fourth-order valence-corrected chi connectivity index (χ4v) is 2.65. The predicted molar refractivity (Wildman–Crippen MR) is 88.8 cm³/mol. The minimum atomic E-state index is -0.499. The molecule has 1 heterocycles. The molecule has 6 nitrogen and oxygen atoms in total. The average Bonchev–Trinajstić information content (AvgIpc) is 2.84. The molecular weight excluding hydrogens is 392 g/mol. The van der Waals surface area contributed by atoms with Gasteiger partial charge in [-0.2, -0.15) is 5.10 Å². The first-order chi connectivity index (χ1) is 10.5. The standard InChI is InChI=1S/C13H12BrClN4O2S/c1-7-11(14)12(18-16-7)13(21)19-17-10(20)6-22-9-4-2-8(15)3-5-9/h2-5H,6H2,1H3,(H,16,18)(H,17,20)(H,19,21). The molecule has 0 aliphatic heterocycles. The topological polar surface area (TPSA) is 86.9 Å². The number of halogens is 2. The molecule has 0 saturated carbocycles. The van der Waals surface area contributed by atoms with Gasteiger partial charge in [0.05, 0.1) is 10.2 Å². The SMILES string of the molecule is Cc1[nH]nc(C(=O)NNC(=O)CSc2ccc(Cl)cc2)c1Br. The number of aromatic nitrogens is 2. The summed E-state index contributed by atoms with van der Waals surface area (Å²) in [6.45, 7) is 1.77. The summed E-state index contributed by atoms with van der Waals surface area (Å²) in [7, 11) is 0. The molecular formula is C13H12BrClN4O2S. The van der Waals surface area contributed by atoms with Gasteiger partial charge in [0.2, 0.25) is 5.91 Å². The van der Waals surface area contributed by atoms with Crippen molar-refractivity contribution in [3.05, 3.63) is 45.1 Å². The van der Waals surface area contributed by atoms with Gasteiger partial charge in [-0.1, -0.05) is 11.6 Å². The summed E-state index contributed by atoms with van der Waals surface area (Å²) in [5.74, 6) is -0.652. The van der Waals surface area contributed by atoms with E-state index in [9.17, 15) is 9.59 Å². The molecule has 116 valence electrons. The van der Waals surface area contributed by atoms with E-state index in [-0.39, 0.29) is 17.4 Å². The summed E-state index contributed by atoms with van der Waals surface area (Å²) in [4.78, 5) is 24.4. The highest BCUT2D eigenvalue weighted by Crippen LogP contribution is 2.20. The van der Waals surface area contributed by atoms with Crippen molar-refractivity contribution in [3.63, 3.8) is 0 Å². The molecule has 0 spiro atoms. The van der Waals surface area contributed by atoms with E-state index in [1.54, 1.807) is 19.1 Å². The molecule has 3 N–H and O–H groups in total. The number of hydrogen-bond donors (Lipinski definition) is 3. The molecule has 0 bridgehead atoms. The largest absolute Gasteiger partial charge is 0.291 e. The number of aromatic amines is 1. The maximum Gasteiger partial charge on any atom is 0.291 e. The second kappa shape index (κ2) is 7.66. The zero-order valence-corrected chi connectivity index (χ0v) is 14.6. The molecule has 2 amide bonds. The molecule has 0 saturated heterocycles. The van der Waals surface area contributed by atoms with Crippen molar-refractivity contribution in [2.45, 2.75) is 11.8 Å². The number of carbonyl (C=O) groups excluding carboxylic acids is 2. The number of nitrogens with zero attached hydrogens (tertiary/aromatic N) is 1. The van der Waals surface area contributed by atoms with Crippen molar-refractivity contribution < 1.29 is 9.59 Å². The number of amides is 2. The highest BCUT2D eigenvalue weighted by molar-refractivity contribution is 9.10. The Morgan fingerprint density at radius 1 is 1.32 bits per heavy atom. The van der Waals surface area contributed by atoms with Crippen LogP contribution < -0.4 is 10.9 Å². The van der Waals surface area contributed by atoms with Crippen LogP contribution in [-0.2, 0) is 4.79 Å². The molecule has 2 aromatic rings. The van der Waals surface area contributed by atoms with Crippen molar-refractivity contribution in [2.75, 3.05) is 5.75 Å². The van der Waals surface area contributed by atoms with Gasteiger partial charge < -0.3 is 0 Å². The lowest BCUT2D eigenvalue weighted by molar-refractivity contribution is -0.119. The van der Waals surface area contributed by atoms with E-state index in [1.807, 2.05) is 12.1 Å². The number of aryl methyl sites for hydroxylation is 1. The molecule has 0 aliphatic carbocycles. The summed E-state index contributed by atoms with van der Waals surface area (Å²) in [5.41, 5.74) is 5.57. The number of hydrazine groups is 1. The van der Waals surface area contributed by atoms with Crippen molar-refractivity contribution >= 4 is 51.1 Å². The smallest absolute Gasteiger partial charge is 0.281 e. The van der Waals surface area contributed by atoms with E-state index in [4.69, 9.17) is 11.6 Å². The summed E-state index contributed by atoms with van der Waals surface area (Å²) in [6, 6.07) is 7.15. The molecule has 0 radical (unpaired) electrons. The first-order valence-electron chi connectivity index (χ1n) is 6.15. The van der Waals surface area contributed by atoms with E-state index in [2.05, 4.69) is 37.0 Å². The number of rotatable bonds is 4. The minimum absolute atomic E-state index is 0.169. The lowest BCUT2D eigenvalue weighted by atomic mass is 10.3. The van der Waals surface area contributed by atoms with Crippen LogP contribution in [0.3, 0.4) is 0 Å². The summed E-state index contributed by atoms with van der Waals surface area (Å²) in [6.07, 6.45) is 0. The Kier molecular flexibility index (Phi) is 5.87. The fraction of sp³-hybridized carbons (Fsp3) is 0.154. The van der Waals surface area contributed by atoms with Crippen LogP contribution >= 0.6 is 39.3 Å². The molecule has 0 fully saturated rings. The molecule has 9 heteroatoms. The van der Waals surface area contributed by atoms with Crippen molar-refractivity contribution in [3.8, 4) is 0 Å². The third kappa shape index (κ3) is 4.49. The summed E-state index contributed by atoms with van der Waals surface area (Å²) in [5, 5.41) is 7.15. The number of thioether (sulfide) groups is 1. The van der Waals surface area contributed by atoms with Crippen LogP contribution in [0.15, 0.2) is 33.6 Å². The van der Waals surface area contributed by atoms with Crippen LogP contribution in [0.4, 0.5) is 0 Å². The second-order valence-electron chi connectivity index (χ2n) is 4.26. The number of hydrogen-bond acceptors (Lipinski definition) is 4. The summed E-state index contributed by atoms with van der Waals surface area (Å²) >= 11 is 10.4. The van der Waals surface area contributed by atoms with E-state index >= 15 is 0 Å². The number of H-pyrrole nitrogens is 1. The fourth-order valence-electron chi connectivity index (χ4n) is 1.47. The van der Waals surface area contributed by atoms with Gasteiger partial charge in [-0.15, -0.1) is 11.8 Å². The molecule has 0 unspecified atom stereocenters. The van der Waals surface area contributed by atoms with Crippen molar-refractivity contribution in [1.29, 1.82) is 0 Å². The van der Waals surface area contributed by atoms with Gasteiger partial charge >= 0.3 is 0 Å². The highest BCUT2D eigenvalue weighted by atomic mass is 79.9. The van der Waals surface area contributed by atoms with Crippen molar-refractivity contribution in [1.82, 2.24) is 21.0 Å². The van der Waals surface area contributed by atoms with Crippen LogP contribution in [0.1, 0.15) is 16.2 Å². The average molecular weight is 404 g/mol. The third-order valence-electron chi connectivity index (χ3n) is 2.59. The monoisotopic (exact) mass is 402 g/mol. The highest BCUT2D eigenvalue weighted by Gasteiger charge is 2.16. The van der Waals surface area contributed by atoms with Gasteiger partial charge in [0.15, 0.2) is 5.69 Å². The van der Waals surface area contributed by atoms with Gasteiger partial charge in [-0.05, 0) is 47.1 Å². The Morgan fingerprint density at radius 3 is 2.59 bits per heavy atom. The Balaban J connectivity index is 1.79. The van der Waals surface area contributed by atoms with Gasteiger partial charge in [-0.25, -0.2) is 0 Å². The first-order valence-corrected chi connectivity index (χ1v) is 8.31. The second-order valence-corrected chi connectivity index (χ2v) is 6.53. The number of benzene rings is 1. The number of nitrogens with one attached hydrogen (secondary N) is 3. The van der Waals surface area contributed by atoms with Gasteiger partial charge in [0.1, 0.15) is 0 Å². The van der Waals surface area contributed by atoms with E-state index < -0.39 is 5.91 Å². The van der Waals surface area contributed by atoms with E-state index in [1.165, 1.54) is 11.8 Å². The Hall–Kier alpha value is -1.51. The molecule has 0 atom stereocenters. The molecule has 2 rings (SSSR count). The molecule has 1 aromatic heterocycles. The predicted octanol–water partition coefficient (Wildman–Crippen LogP) is 2.69. The Morgan fingerprint density at radius 2 is 2.00 bits per heavy atom. The third-order valence-corrected chi connectivity index (χ3v) is 4.82. The van der Waals surface area contributed by atoms with Crippen LogP contribution in [0.25, 0.3) is 0 Å². The maximum absolute atomic E-state index is 11.8. The Bertz CT molecular complexity index is 690. The van der Waals surface area contributed by atoms with E-state index in [0.717, 1.165) is 10.6 Å². The maximum atomic E-state index is 11.8. The molecule has 22 heavy (non-hydrogen) atoms. The van der Waals surface area contributed by atoms with Gasteiger partial charge in [0.25, 0.3) is 5.91 Å². The quantitative estimate of drug-likeness (QED) is 0.541. The minimum Gasteiger partial charge on any atom is -0.281 e. The normalized spacial score (nSPS) is 10.3.